The van der Waals surface area contributed by atoms with E-state index < -0.39 is 0 Å². The van der Waals surface area contributed by atoms with E-state index in [-0.39, 0.29) is 11.6 Å². The van der Waals surface area contributed by atoms with Crippen molar-refractivity contribution >= 4 is 11.8 Å². The standard InChI is InChI=1S/C17H25F2NS/c1-3-5-12-6-9-15(20-4-2)17(10-12)21-16-11-13(18)7-8-14(16)19/h7-8,11-12,15,17,20H,3-6,9-10H2,1-2H3. The maximum atomic E-state index is 13.9. The number of nitrogens with one attached hydrogen (secondary N) is 1. The van der Waals surface area contributed by atoms with Gasteiger partial charge in [-0.25, -0.2) is 8.78 Å². The molecule has 1 aromatic rings. The summed E-state index contributed by atoms with van der Waals surface area (Å²) in [6.45, 7) is 5.24. The van der Waals surface area contributed by atoms with Crippen molar-refractivity contribution in [2.75, 3.05) is 6.54 Å². The molecule has 2 rings (SSSR count). The predicted molar refractivity (Wildman–Crippen MR) is 85.7 cm³/mol. The van der Waals surface area contributed by atoms with E-state index in [4.69, 9.17) is 0 Å². The summed E-state index contributed by atoms with van der Waals surface area (Å²) in [6, 6.07) is 4.14. The van der Waals surface area contributed by atoms with Crippen molar-refractivity contribution in [2.45, 2.75) is 62.1 Å². The van der Waals surface area contributed by atoms with Crippen LogP contribution in [0.1, 0.15) is 46.0 Å². The second-order valence-corrected chi connectivity index (χ2v) is 7.14. The van der Waals surface area contributed by atoms with Crippen LogP contribution in [-0.2, 0) is 0 Å². The van der Waals surface area contributed by atoms with Crippen molar-refractivity contribution in [2.24, 2.45) is 5.92 Å². The zero-order valence-electron chi connectivity index (χ0n) is 12.9. The molecule has 1 aliphatic rings. The molecule has 0 bridgehead atoms. The van der Waals surface area contributed by atoms with Crippen LogP contribution in [0.25, 0.3) is 0 Å². The van der Waals surface area contributed by atoms with Gasteiger partial charge < -0.3 is 5.32 Å². The van der Waals surface area contributed by atoms with Crippen molar-refractivity contribution in [3.05, 3.63) is 29.8 Å². The highest BCUT2D eigenvalue weighted by atomic mass is 32.2. The van der Waals surface area contributed by atoms with E-state index in [9.17, 15) is 8.78 Å². The third kappa shape index (κ3) is 4.68. The van der Waals surface area contributed by atoms with E-state index >= 15 is 0 Å². The summed E-state index contributed by atoms with van der Waals surface area (Å²) in [5.74, 6) is 0.0492. The van der Waals surface area contributed by atoms with Gasteiger partial charge in [0.15, 0.2) is 0 Å². The highest BCUT2D eigenvalue weighted by molar-refractivity contribution is 8.00. The molecule has 0 aromatic heterocycles. The van der Waals surface area contributed by atoms with Gasteiger partial charge in [0.2, 0.25) is 0 Å². The first kappa shape index (κ1) is 16.8. The molecule has 0 saturated heterocycles. The van der Waals surface area contributed by atoms with E-state index in [1.807, 2.05) is 0 Å². The fraction of sp³-hybridized carbons (Fsp3) is 0.647. The highest BCUT2D eigenvalue weighted by Gasteiger charge is 2.30. The Bertz CT molecular complexity index is 452. The molecule has 21 heavy (non-hydrogen) atoms. The molecule has 1 N–H and O–H groups in total. The van der Waals surface area contributed by atoms with Crippen LogP contribution in [0.4, 0.5) is 8.78 Å². The van der Waals surface area contributed by atoms with Crippen molar-refractivity contribution in [1.29, 1.82) is 0 Å². The normalized spacial score (nSPS) is 26.0. The van der Waals surface area contributed by atoms with Gasteiger partial charge in [-0.1, -0.05) is 26.7 Å². The first-order valence-corrected chi connectivity index (χ1v) is 8.87. The Labute approximate surface area is 130 Å². The fourth-order valence-corrected chi connectivity index (χ4v) is 4.69. The summed E-state index contributed by atoms with van der Waals surface area (Å²) in [6.07, 6.45) is 5.90. The Hall–Kier alpha value is -0.610. The molecule has 0 spiro atoms. The highest BCUT2D eigenvalue weighted by Crippen LogP contribution is 2.39. The van der Waals surface area contributed by atoms with Crippen LogP contribution in [0.2, 0.25) is 0 Å². The second-order valence-electron chi connectivity index (χ2n) is 5.86. The summed E-state index contributed by atoms with van der Waals surface area (Å²) in [4.78, 5) is 0.444. The molecule has 3 unspecified atom stereocenters. The fourth-order valence-electron chi connectivity index (χ4n) is 3.24. The molecule has 3 atom stereocenters. The van der Waals surface area contributed by atoms with Crippen LogP contribution in [-0.4, -0.2) is 17.8 Å². The largest absolute Gasteiger partial charge is 0.313 e. The summed E-state index contributed by atoms with van der Waals surface area (Å²) >= 11 is 1.51. The van der Waals surface area contributed by atoms with Gasteiger partial charge in [0.1, 0.15) is 11.6 Å². The molecule has 0 radical (unpaired) electrons. The topological polar surface area (TPSA) is 12.0 Å². The molecule has 0 aliphatic heterocycles. The van der Waals surface area contributed by atoms with Crippen LogP contribution < -0.4 is 5.32 Å². The summed E-state index contributed by atoms with van der Waals surface area (Å²) in [5.41, 5.74) is 0. The molecule has 1 saturated carbocycles. The number of benzene rings is 1. The van der Waals surface area contributed by atoms with Crippen LogP contribution in [0.15, 0.2) is 23.1 Å². The zero-order valence-corrected chi connectivity index (χ0v) is 13.7. The molecule has 118 valence electrons. The van der Waals surface area contributed by atoms with Gasteiger partial charge >= 0.3 is 0 Å². The minimum atomic E-state index is -0.361. The van der Waals surface area contributed by atoms with Gasteiger partial charge in [-0.15, -0.1) is 11.8 Å². The van der Waals surface area contributed by atoms with Crippen molar-refractivity contribution in [3.63, 3.8) is 0 Å². The molecular formula is C17H25F2NS. The molecule has 0 heterocycles. The average Bonchev–Trinajstić information content (AvgIpc) is 2.46. The second kappa shape index (κ2) is 8.14. The van der Waals surface area contributed by atoms with Gasteiger partial charge in [-0.3, -0.25) is 0 Å². The minimum absolute atomic E-state index is 0.311. The Morgan fingerprint density at radius 1 is 1.24 bits per heavy atom. The van der Waals surface area contributed by atoms with Gasteiger partial charge in [0.25, 0.3) is 0 Å². The molecule has 1 aliphatic carbocycles. The van der Waals surface area contributed by atoms with Crippen molar-refractivity contribution < 1.29 is 8.78 Å². The van der Waals surface area contributed by atoms with E-state index in [0.29, 0.717) is 16.2 Å². The number of rotatable bonds is 6. The minimum Gasteiger partial charge on any atom is -0.313 e. The number of hydrogen-bond acceptors (Lipinski definition) is 2. The van der Waals surface area contributed by atoms with E-state index in [2.05, 4.69) is 19.2 Å². The quantitative estimate of drug-likeness (QED) is 0.793. The zero-order chi connectivity index (χ0) is 15.2. The lowest BCUT2D eigenvalue weighted by Gasteiger charge is -2.36. The lowest BCUT2D eigenvalue weighted by Crippen LogP contribution is -2.42. The number of halogens is 2. The molecule has 1 fully saturated rings. The third-order valence-corrected chi connectivity index (χ3v) is 5.63. The SMILES string of the molecule is CCCC1CCC(NCC)C(Sc2cc(F)ccc2F)C1. The summed E-state index contributed by atoms with van der Waals surface area (Å²) in [7, 11) is 0. The van der Waals surface area contributed by atoms with E-state index in [0.717, 1.165) is 25.3 Å². The average molecular weight is 313 g/mol. The van der Waals surface area contributed by atoms with Gasteiger partial charge in [-0.2, -0.15) is 0 Å². The van der Waals surface area contributed by atoms with E-state index in [1.165, 1.54) is 49.2 Å². The summed E-state index contributed by atoms with van der Waals surface area (Å²) < 4.78 is 27.2. The lowest BCUT2D eigenvalue weighted by molar-refractivity contribution is 0.289. The van der Waals surface area contributed by atoms with Crippen molar-refractivity contribution in [3.8, 4) is 0 Å². The Kier molecular flexibility index (Phi) is 6.49. The van der Waals surface area contributed by atoms with Crippen LogP contribution >= 0.6 is 11.8 Å². The predicted octanol–water partition coefficient (Wildman–Crippen LogP) is 5.00. The van der Waals surface area contributed by atoms with E-state index in [1.54, 1.807) is 0 Å². The van der Waals surface area contributed by atoms with Gasteiger partial charge in [0, 0.05) is 16.2 Å². The molecule has 1 aromatic carbocycles. The maximum Gasteiger partial charge on any atom is 0.136 e. The van der Waals surface area contributed by atoms with Crippen molar-refractivity contribution in [1.82, 2.24) is 5.32 Å². The number of hydrogen-bond donors (Lipinski definition) is 1. The maximum absolute atomic E-state index is 13.9. The monoisotopic (exact) mass is 313 g/mol. The smallest absolute Gasteiger partial charge is 0.136 e. The first-order chi connectivity index (χ1) is 10.1. The third-order valence-electron chi connectivity index (χ3n) is 4.24. The van der Waals surface area contributed by atoms with Crippen LogP contribution in [0.5, 0.6) is 0 Å². The Balaban J connectivity index is 2.09. The van der Waals surface area contributed by atoms with Gasteiger partial charge in [0.05, 0.1) is 0 Å². The van der Waals surface area contributed by atoms with Crippen LogP contribution in [0, 0.1) is 17.6 Å². The first-order valence-electron chi connectivity index (χ1n) is 7.99. The van der Waals surface area contributed by atoms with Crippen LogP contribution in [0.3, 0.4) is 0 Å². The lowest BCUT2D eigenvalue weighted by atomic mass is 9.83. The molecular weight excluding hydrogens is 288 g/mol. The Morgan fingerprint density at radius 3 is 2.76 bits per heavy atom. The number of thioether (sulfide) groups is 1. The molecule has 4 heteroatoms. The molecule has 0 amide bonds. The Morgan fingerprint density at radius 2 is 2.05 bits per heavy atom. The molecule has 1 nitrogen and oxygen atoms in total. The summed E-state index contributed by atoms with van der Waals surface area (Å²) in [5, 5.41) is 3.84. The van der Waals surface area contributed by atoms with Gasteiger partial charge in [-0.05, 0) is 49.9 Å².